The summed E-state index contributed by atoms with van der Waals surface area (Å²) in [6.07, 6.45) is 3.07. The van der Waals surface area contributed by atoms with Crippen molar-refractivity contribution in [1.82, 2.24) is 10.3 Å². The fraction of sp³-hybridized carbons (Fsp3) is 0.533. The number of piperidine rings is 1. The number of amides is 1. The summed E-state index contributed by atoms with van der Waals surface area (Å²) in [5.41, 5.74) is 4.94. The van der Waals surface area contributed by atoms with Crippen LogP contribution in [0.25, 0.3) is 0 Å². The largest absolute Gasteiger partial charge is 0.298 e. The SMILES string of the molecule is CCc1ccc(CN2CCCC(C(=O)NN)C2)cc1. The molecular formula is C15H23N3O. The lowest BCUT2D eigenvalue weighted by Crippen LogP contribution is -2.44. The Kier molecular flexibility index (Phi) is 4.93. The molecule has 0 aromatic heterocycles. The van der Waals surface area contributed by atoms with E-state index < -0.39 is 0 Å². The third kappa shape index (κ3) is 3.78. The van der Waals surface area contributed by atoms with Crippen LogP contribution in [0.2, 0.25) is 0 Å². The molecule has 0 spiro atoms. The second kappa shape index (κ2) is 6.68. The third-order valence-corrected chi connectivity index (χ3v) is 3.86. The van der Waals surface area contributed by atoms with Crippen molar-refractivity contribution in [2.45, 2.75) is 32.7 Å². The van der Waals surface area contributed by atoms with Gasteiger partial charge in [-0.1, -0.05) is 31.2 Å². The Balaban J connectivity index is 1.92. The predicted molar refractivity (Wildman–Crippen MR) is 76.2 cm³/mol. The van der Waals surface area contributed by atoms with Crippen molar-refractivity contribution in [3.05, 3.63) is 35.4 Å². The highest BCUT2D eigenvalue weighted by Crippen LogP contribution is 2.18. The maximum Gasteiger partial charge on any atom is 0.238 e. The first kappa shape index (κ1) is 14.0. The molecule has 1 atom stereocenters. The molecule has 1 saturated heterocycles. The van der Waals surface area contributed by atoms with Gasteiger partial charge in [0.15, 0.2) is 0 Å². The monoisotopic (exact) mass is 261 g/mol. The van der Waals surface area contributed by atoms with E-state index in [-0.39, 0.29) is 11.8 Å². The summed E-state index contributed by atoms with van der Waals surface area (Å²) in [4.78, 5) is 13.9. The summed E-state index contributed by atoms with van der Waals surface area (Å²) >= 11 is 0. The molecule has 0 saturated carbocycles. The van der Waals surface area contributed by atoms with Crippen LogP contribution in [-0.2, 0) is 17.8 Å². The van der Waals surface area contributed by atoms with Crippen LogP contribution in [0.15, 0.2) is 24.3 Å². The fourth-order valence-corrected chi connectivity index (χ4v) is 2.67. The Morgan fingerprint density at radius 1 is 1.37 bits per heavy atom. The molecule has 0 radical (unpaired) electrons. The van der Waals surface area contributed by atoms with Crippen molar-refractivity contribution in [2.24, 2.45) is 11.8 Å². The Morgan fingerprint density at radius 3 is 2.68 bits per heavy atom. The lowest BCUT2D eigenvalue weighted by atomic mass is 9.97. The highest BCUT2D eigenvalue weighted by molar-refractivity contribution is 5.78. The zero-order chi connectivity index (χ0) is 13.7. The molecule has 1 unspecified atom stereocenters. The second-order valence-electron chi connectivity index (χ2n) is 5.25. The van der Waals surface area contributed by atoms with Crippen LogP contribution < -0.4 is 11.3 Å². The van der Waals surface area contributed by atoms with E-state index in [4.69, 9.17) is 5.84 Å². The Hall–Kier alpha value is -1.39. The maximum absolute atomic E-state index is 11.6. The summed E-state index contributed by atoms with van der Waals surface area (Å²) in [6.45, 7) is 4.94. The van der Waals surface area contributed by atoms with Gasteiger partial charge in [0.1, 0.15) is 0 Å². The molecule has 104 valence electrons. The molecule has 1 amide bonds. The zero-order valence-corrected chi connectivity index (χ0v) is 11.6. The summed E-state index contributed by atoms with van der Waals surface area (Å²) in [6, 6.07) is 8.74. The predicted octanol–water partition coefficient (Wildman–Crippen LogP) is 1.45. The van der Waals surface area contributed by atoms with Gasteiger partial charge < -0.3 is 0 Å². The maximum atomic E-state index is 11.6. The van der Waals surface area contributed by atoms with Crippen molar-refractivity contribution in [3.8, 4) is 0 Å². The van der Waals surface area contributed by atoms with Gasteiger partial charge in [0, 0.05) is 13.1 Å². The quantitative estimate of drug-likeness (QED) is 0.490. The van der Waals surface area contributed by atoms with Crippen molar-refractivity contribution in [1.29, 1.82) is 0 Å². The van der Waals surface area contributed by atoms with Gasteiger partial charge in [0.25, 0.3) is 0 Å². The minimum Gasteiger partial charge on any atom is -0.298 e. The molecule has 3 N–H and O–H groups in total. The van der Waals surface area contributed by atoms with Crippen molar-refractivity contribution in [2.75, 3.05) is 13.1 Å². The summed E-state index contributed by atoms with van der Waals surface area (Å²) in [5.74, 6) is 5.21. The first-order valence-corrected chi connectivity index (χ1v) is 7.03. The van der Waals surface area contributed by atoms with Crippen LogP contribution in [0.4, 0.5) is 0 Å². The number of likely N-dealkylation sites (tertiary alicyclic amines) is 1. The Morgan fingerprint density at radius 2 is 2.05 bits per heavy atom. The third-order valence-electron chi connectivity index (χ3n) is 3.86. The number of hydrogen-bond acceptors (Lipinski definition) is 3. The Bertz CT molecular complexity index is 416. The number of carbonyl (C=O) groups excluding carboxylic acids is 1. The highest BCUT2D eigenvalue weighted by atomic mass is 16.2. The molecule has 1 aromatic rings. The first-order valence-electron chi connectivity index (χ1n) is 7.03. The van der Waals surface area contributed by atoms with Crippen LogP contribution in [-0.4, -0.2) is 23.9 Å². The molecule has 1 aromatic carbocycles. The number of carbonyl (C=O) groups is 1. The van der Waals surface area contributed by atoms with E-state index >= 15 is 0 Å². The van der Waals surface area contributed by atoms with E-state index in [0.717, 1.165) is 38.9 Å². The van der Waals surface area contributed by atoms with Crippen molar-refractivity contribution >= 4 is 5.91 Å². The average Bonchev–Trinajstić information content (AvgIpc) is 2.47. The summed E-state index contributed by atoms with van der Waals surface area (Å²) in [5, 5.41) is 0. The summed E-state index contributed by atoms with van der Waals surface area (Å²) in [7, 11) is 0. The number of nitrogens with zero attached hydrogens (tertiary/aromatic N) is 1. The van der Waals surface area contributed by atoms with Crippen LogP contribution >= 0.6 is 0 Å². The lowest BCUT2D eigenvalue weighted by molar-refractivity contribution is -0.126. The van der Waals surface area contributed by atoms with E-state index in [0.29, 0.717) is 0 Å². The second-order valence-corrected chi connectivity index (χ2v) is 5.25. The standard InChI is InChI=1S/C15H23N3O/c1-2-12-5-7-13(8-6-12)10-18-9-3-4-14(11-18)15(19)17-16/h5-8,14H,2-4,9-11,16H2,1H3,(H,17,19). The van der Waals surface area contributed by atoms with Crippen LogP contribution in [0.3, 0.4) is 0 Å². The molecule has 1 fully saturated rings. The number of hydrogen-bond donors (Lipinski definition) is 2. The van der Waals surface area contributed by atoms with Gasteiger partial charge >= 0.3 is 0 Å². The van der Waals surface area contributed by atoms with Crippen molar-refractivity contribution < 1.29 is 4.79 Å². The molecule has 4 heteroatoms. The van der Waals surface area contributed by atoms with Crippen LogP contribution in [0, 0.1) is 5.92 Å². The number of nitrogens with two attached hydrogens (primary N) is 1. The number of aryl methyl sites for hydroxylation is 1. The first-order chi connectivity index (χ1) is 9.22. The number of benzene rings is 1. The minimum absolute atomic E-state index is 0.0358. The van der Waals surface area contributed by atoms with Crippen LogP contribution in [0.1, 0.15) is 30.9 Å². The minimum atomic E-state index is -0.0361. The van der Waals surface area contributed by atoms with Gasteiger partial charge in [0.05, 0.1) is 5.92 Å². The number of hydrazine groups is 1. The van der Waals surface area contributed by atoms with E-state index in [2.05, 4.69) is 41.5 Å². The summed E-state index contributed by atoms with van der Waals surface area (Å²) < 4.78 is 0. The Labute approximate surface area is 114 Å². The molecule has 1 aliphatic heterocycles. The molecule has 1 heterocycles. The van der Waals surface area contributed by atoms with E-state index in [9.17, 15) is 4.79 Å². The van der Waals surface area contributed by atoms with Crippen molar-refractivity contribution in [3.63, 3.8) is 0 Å². The van der Waals surface area contributed by atoms with Gasteiger partial charge in [-0.25, -0.2) is 5.84 Å². The lowest BCUT2D eigenvalue weighted by Gasteiger charge is -2.31. The molecule has 19 heavy (non-hydrogen) atoms. The van der Waals surface area contributed by atoms with E-state index in [1.54, 1.807) is 0 Å². The normalized spacial score (nSPS) is 20.2. The number of rotatable bonds is 4. The fourth-order valence-electron chi connectivity index (χ4n) is 2.67. The van der Waals surface area contributed by atoms with Gasteiger partial charge in [0.2, 0.25) is 5.91 Å². The highest BCUT2D eigenvalue weighted by Gasteiger charge is 2.25. The van der Waals surface area contributed by atoms with Crippen LogP contribution in [0.5, 0.6) is 0 Å². The average molecular weight is 261 g/mol. The molecule has 4 nitrogen and oxygen atoms in total. The van der Waals surface area contributed by atoms with Gasteiger partial charge in [-0.2, -0.15) is 0 Å². The smallest absolute Gasteiger partial charge is 0.238 e. The number of nitrogens with one attached hydrogen (secondary N) is 1. The van der Waals surface area contributed by atoms with Gasteiger partial charge in [-0.05, 0) is 36.9 Å². The molecule has 1 aliphatic rings. The molecule has 0 aliphatic carbocycles. The molecule has 2 rings (SSSR count). The van der Waals surface area contributed by atoms with Gasteiger partial charge in [-0.3, -0.25) is 15.1 Å². The van der Waals surface area contributed by atoms with E-state index in [1.165, 1.54) is 11.1 Å². The topological polar surface area (TPSA) is 58.4 Å². The zero-order valence-electron chi connectivity index (χ0n) is 11.6. The van der Waals surface area contributed by atoms with Gasteiger partial charge in [-0.15, -0.1) is 0 Å². The van der Waals surface area contributed by atoms with E-state index in [1.807, 2.05) is 0 Å². The molecular weight excluding hydrogens is 238 g/mol. The molecule has 0 bridgehead atoms.